The fourth-order valence-electron chi connectivity index (χ4n) is 2.79. The first-order valence-corrected chi connectivity index (χ1v) is 9.89. The maximum Gasteiger partial charge on any atom is 0.245 e. The summed E-state index contributed by atoms with van der Waals surface area (Å²) < 4.78 is 6.79. The van der Waals surface area contributed by atoms with Gasteiger partial charge in [0.1, 0.15) is 5.82 Å². The van der Waals surface area contributed by atoms with Crippen molar-refractivity contribution < 1.29 is 14.3 Å². The predicted molar refractivity (Wildman–Crippen MR) is 114 cm³/mol. The lowest BCUT2D eigenvalue weighted by Gasteiger charge is -2.21. The van der Waals surface area contributed by atoms with Gasteiger partial charge in [0.25, 0.3) is 0 Å². The van der Waals surface area contributed by atoms with Gasteiger partial charge in [-0.25, -0.2) is 4.68 Å². The molecule has 2 rings (SSSR count). The molecule has 0 atom stereocenters. The molecule has 158 valence electrons. The van der Waals surface area contributed by atoms with Crippen LogP contribution in [0.25, 0.3) is 5.69 Å². The first-order valence-electron chi connectivity index (χ1n) is 9.89. The fraction of sp³-hybridized carbons (Fsp3) is 0.500. The number of benzene rings is 1. The molecule has 0 bridgehead atoms. The molecule has 0 saturated carbocycles. The Morgan fingerprint density at radius 1 is 1.21 bits per heavy atom. The van der Waals surface area contributed by atoms with Crippen molar-refractivity contribution in [2.45, 2.75) is 46.5 Å². The molecule has 0 aliphatic heterocycles. The van der Waals surface area contributed by atoms with E-state index in [0.29, 0.717) is 25.4 Å². The van der Waals surface area contributed by atoms with Crippen LogP contribution in [0.2, 0.25) is 0 Å². The van der Waals surface area contributed by atoms with Gasteiger partial charge in [-0.15, -0.1) is 0 Å². The summed E-state index contributed by atoms with van der Waals surface area (Å²) in [7, 11) is 1.57. The number of carbonyl (C=O) groups is 2. The summed E-state index contributed by atoms with van der Waals surface area (Å²) >= 11 is 0. The molecule has 7 heteroatoms. The summed E-state index contributed by atoms with van der Waals surface area (Å²) in [6, 6.07) is 9.84. The van der Waals surface area contributed by atoms with E-state index in [0.717, 1.165) is 16.9 Å². The minimum Gasteiger partial charge on any atom is -0.383 e. The van der Waals surface area contributed by atoms with Gasteiger partial charge in [0.05, 0.1) is 24.5 Å². The maximum atomic E-state index is 12.7. The minimum atomic E-state index is -0.267. The number of hydrogen-bond acceptors (Lipinski definition) is 4. The normalized spacial score (nSPS) is 11.4. The molecule has 1 heterocycles. The quantitative estimate of drug-likeness (QED) is 0.738. The number of methoxy groups -OCH3 is 1. The average molecular weight is 401 g/mol. The molecule has 29 heavy (non-hydrogen) atoms. The number of nitrogens with one attached hydrogen (secondary N) is 1. The highest BCUT2D eigenvalue weighted by Crippen LogP contribution is 2.26. The molecular formula is C22H32N4O3. The third kappa shape index (κ3) is 6.15. The van der Waals surface area contributed by atoms with Gasteiger partial charge in [-0.05, 0) is 19.1 Å². The number of rotatable bonds is 8. The lowest BCUT2D eigenvalue weighted by molar-refractivity contribution is -0.135. The second-order valence-corrected chi connectivity index (χ2v) is 8.12. The van der Waals surface area contributed by atoms with Crippen molar-refractivity contribution in [1.29, 1.82) is 0 Å². The highest BCUT2D eigenvalue weighted by molar-refractivity contribution is 5.94. The van der Waals surface area contributed by atoms with E-state index >= 15 is 0 Å². The molecule has 0 fully saturated rings. The standard InChI is InChI=1S/C22H32N4O3/c1-7-21(28)25(12-13-29-6)15-20(27)23-19-14-18(22(3,4)5)24-26(19)17-10-8-16(2)9-11-17/h8-11,14H,7,12-13,15H2,1-6H3,(H,23,27). The van der Waals surface area contributed by atoms with E-state index in [1.807, 2.05) is 37.3 Å². The predicted octanol–water partition coefficient (Wildman–Crippen LogP) is 3.30. The van der Waals surface area contributed by atoms with Gasteiger partial charge >= 0.3 is 0 Å². The zero-order valence-corrected chi connectivity index (χ0v) is 18.3. The molecule has 0 radical (unpaired) electrons. The van der Waals surface area contributed by atoms with Crippen LogP contribution in [-0.4, -0.2) is 53.3 Å². The van der Waals surface area contributed by atoms with E-state index < -0.39 is 0 Å². The lowest BCUT2D eigenvalue weighted by atomic mass is 9.92. The van der Waals surface area contributed by atoms with Crippen LogP contribution in [0.4, 0.5) is 5.82 Å². The van der Waals surface area contributed by atoms with Gasteiger partial charge in [-0.3, -0.25) is 9.59 Å². The Hall–Kier alpha value is -2.67. The van der Waals surface area contributed by atoms with Gasteiger partial charge in [0.2, 0.25) is 11.8 Å². The Kier molecular flexibility index (Phi) is 7.56. The second-order valence-electron chi connectivity index (χ2n) is 8.12. The van der Waals surface area contributed by atoms with Crippen molar-refractivity contribution in [3.8, 4) is 5.69 Å². The maximum absolute atomic E-state index is 12.7. The largest absolute Gasteiger partial charge is 0.383 e. The molecule has 1 aromatic heterocycles. The second kappa shape index (κ2) is 9.69. The number of aryl methyl sites for hydroxylation is 1. The smallest absolute Gasteiger partial charge is 0.245 e. The van der Waals surface area contributed by atoms with Crippen molar-refractivity contribution in [1.82, 2.24) is 14.7 Å². The third-order valence-electron chi connectivity index (χ3n) is 4.58. The summed E-state index contributed by atoms with van der Waals surface area (Å²) in [6.45, 7) is 10.8. The van der Waals surface area contributed by atoms with Gasteiger partial charge in [0.15, 0.2) is 0 Å². The van der Waals surface area contributed by atoms with Crippen molar-refractivity contribution in [3.63, 3.8) is 0 Å². The molecule has 1 N–H and O–H groups in total. The van der Waals surface area contributed by atoms with Gasteiger partial charge in [-0.2, -0.15) is 5.10 Å². The van der Waals surface area contributed by atoms with Crippen LogP contribution in [0.5, 0.6) is 0 Å². The highest BCUT2D eigenvalue weighted by atomic mass is 16.5. The molecule has 7 nitrogen and oxygen atoms in total. The SMILES string of the molecule is CCC(=O)N(CCOC)CC(=O)Nc1cc(C(C)(C)C)nn1-c1ccc(C)cc1. The van der Waals surface area contributed by atoms with Crippen LogP contribution >= 0.6 is 0 Å². The summed E-state index contributed by atoms with van der Waals surface area (Å²) in [5, 5.41) is 7.64. The van der Waals surface area contributed by atoms with Crippen LogP contribution in [0, 0.1) is 6.92 Å². The summed E-state index contributed by atoms with van der Waals surface area (Å²) in [4.78, 5) is 26.4. The Morgan fingerprint density at radius 2 is 1.86 bits per heavy atom. The first-order chi connectivity index (χ1) is 13.7. The Morgan fingerprint density at radius 3 is 2.41 bits per heavy atom. The topological polar surface area (TPSA) is 76.5 Å². The Bertz CT molecular complexity index is 835. The molecule has 2 amide bonds. The number of anilines is 1. The number of nitrogens with zero attached hydrogens (tertiary/aromatic N) is 3. The first kappa shape index (κ1) is 22.6. The number of amides is 2. The van der Waals surface area contributed by atoms with Gasteiger partial charge < -0.3 is 15.0 Å². The highest BCUT2D eigenvalue weighted by Gasteiger charge is 2.22. The lowest BCUT2D eigenvalue weighted by Crippen LogP contribution is -2.39. The minimum absolute atomic E-state index is 0.0278. The van der Waals surface area contributed by atoms with Crippen molar-refractivity contribution >= 4 is 17.6 Å². The monoisotopic (exact) mass is 400 g/mol. The zero-order valence-electron chi connectivity index (χ0n) is 18.3. The Balaban J connectivity index is 2.27. The molecule has 0 saturated heterocycles. The number of carbonyl (C=O) groups excluding carboxylic acids is 2. The molecule has 0 aliphatic rings. The molecule has 0 unspecified atom stereocenters. The van der Waals surface area contributed by atoms with Crippen LogP contribution in [-0.2, 0) is 19.7 Å². The third-order valence-corrected chi connectivity index (χ3v) is 4.58. The number of ether oxygens (including phenoxy) is 1. The summed E-state index contributed by atoms with van der Waals surface area (Å²) in [5.74, 6) is 0.232. The van der Waals surface area contributed by atoms with Crippen LogP contribution in [0.3, 0.4) is 0 Å². The molecule has 1 aromatic carbocycles. The summed E-state index contributed by atoms with van der Waals surface area (Å²) in [6.07, 6.45) is 0.340. The average Bonchev–Trinajstić information content (AvgIpc) is 3.09. The van der Waals surface area contributed by atoms with E-state index in [2.05, 4.69) is 26.1 Å². The number of hydrogen-bond donors (Lipinski definition) is 1. The van der Waals surface area contributed by atoms with Gasteiger partial charge in [-0.1, -0.05) is 45.4 Å². The van der Waals surface area contributed by atoms with E-state index in [9.17, 15) is 9.59 Å². The molecule has 0 aliphatic carbocycles. The van der Waals surface area contributed by atoms with E-state index in [1.54, 1.807) is 18.7 Å². The number of aromatic nitrogens is 2. The molecule has 0 spiro atoms. The molecular weight excluding hydrogens is 368 g/mol. The van der Waals surface area contributed by atoms with E-state index in [1.165, 1.54) is 4.90 Å². The zero-order chi connectivity index (χ0) is 21.6. The van der Waals surface area contributed by atoms with Crippen LogP contribution in [0.15, 0.2) is 30.3 Å². The van der Waals surface area contributed by atoms with Crippen molar-refractivity contribution in [2.75, 3.05) is 32.1 Å². The van der Waals surface area contributed by atoms with E-state index in [4.69, 9.17) is 9.84 Å². The van der Waals surface area contributed by atoms with Crippen molar-refractivity contribution in [3.05, 3.63) is 41.6 Å². The van der Waals surface area contributed by atoms with E-state index in [-0.39, 0.29) is 23.8 Å². The van der Waals surface area contributed by atoms with Crippen molar-refractivity contribution in [2.24, 2.45) is 0 Å². The van der Waals surface area contributed by atoms with Gasteiger partial charge in [0, 0.05) is 31.6 Å². The van der Waals surface area contributed by atoms with Crippen LogP contribution in [0.1, 0.15) is 45.4 Å². The fourth-order valence-corrected chi connectivity index (χ4v) is 2.79. The molecule has 2 aromatic rings. The Labute approximate surface area is 173 Å². The van der Waals surface area contributed by atoms with Crippen LogP contribution < -0.4 is 5.32 Å². The summed E-state index contributed by atoms with van der Waals surface area (Å²) in [5.41, 5.74) is 2.71.